The van der Waals surface area contributed by atoms with Gasteiger partial charge in [0.15, 0.2) is 5.78 Å². The Balaban J connectivity index is 2.44. The van der Waals surface area contributed by atoms with Crippen LogP contribution in [0.4, 0.5) is 10.1 Å². The summed E-state index contributed by atoms with van der Waals surface area (Å²) < 4.78 is 18.9. The van der Waals surface area contributed by atoms with E-state index in [-0.39, 0.29) is 45.5 Å². The van der Waals surface area contributed by atoms with E-state index >= 15 is 0 Å². The molecule has 0 radical (unpaired) electrons. The van der Waals surface area contributed by atoms with Gasteiger partial charge in [0.1, 0.15) is 11.6 Å². The summed E-state index contributed by atoms with van der Waals surface area (Å²) in [5, 5.41) is 10.8. The summed E-state index contributed by atoms with van der Waals surface area (Å²) in [5.41, 5.74) is 7.30. The summed E-state index contributed by atoms with van der Waals surface area (Å²) in [6.45, 7) is 1.28. The topological polar surface area (TPSA) is 105 Å². The average Bonchev–Trinajstić information content (AvgIpc) is 2.65. The number of ether oxygens (including phenoxy) is 1. The molecule has 0 unspecified atom stereocenters. The summed E-state index contributed by atoms with van der Waals surface area (Å²) in [6.07, 6.45) is 3.00. The lowest BCUT2D eigenvalue weighted by molar-refractivity contribution is 0.0958. The van der Waals surface area contributed by atoms with Crippen LogP contribution in [0.25, 0.3) is 6.08 Å². The molecule has 0 atom stereocenters. The number of Topliss-reactive ketones (excluding diaryl/α,β-unsaturated/α-hetero) is 1. The van der Waals surface area contributed by atoms with Crippen LogP contribution in [0.15, 0.2) is 36.4 Å². The largest absolute Gasteiger partial charge is 0.495 e. The van der Waals surface area contributed by atoms with E-state index in [1.165, 1.54) is 57.5 Å². The van der Waals surface area contributed by atoms with E-state index in [2.05, 4.69) is 5.32 Å². The third-order valence-corrected chi connectivity index (χ3v) is 3.95. The van der Waals surface area contributed by atoms with Gasteiger partial charge in [-0.2, -0.15) is 0 Å². The van der Waals surface area contributed by atoms with Crippen molar-refractivity contribution in [1.82, 2.24) is 5.32 Å². The number of nitrogens with two attached hydrogens (primary N) is 1. The summed E-state index contributed by atoms with van der Waals surface area (Å²) in [4.78, 5) is 23.5. The maximum absolute atomic E-state index is 13.6. The number of hydrogen-bond acceptors (Lipinski definition) is 5. The van der Waals surface area contributed by atoms with Crippen molar-refractivity contribution in [3.63, 3.8) is 0 Å². The molecule has 0 bridgehead atoms. The quantitative estimate of drug-likeness (QED) is 0.413. The van der Waals surface area contributed by atoms with Gasteiger partial charge in [-0.3, -0.25) is 9.59 Å². The van der Waals surface area contributed by atoms with Crippen LogP contribution in [0.5, 0.6) is 5.75 Å². The molecule has 0 aliphatic heterocycles. The van der Waals surface area contributed by atoms with Crippen molar-refractivity contribution in [3.8, 4) is 5.75 Å². The first kappa shape index (κ1) is 19.8. The van der Waals surface area contributed by atoms with Gasteiger partial charge in [0.25, 0.3) is 5.91 Å². The smallest absolute Gasteiger partial charge is 0.254 e. The number of carbonyl (C=O) groups excluding carboxylic acids is 2. The zero-order chi connectivity index (χ0) is 20.1. The molecule has 0 saturated heterocycles. The molecule has 0 heterocycles. The van der Waals surface area contributed by atoms with Crippen LogP contribution in [-0.2, 0) is 0 Å². The zero-order valence-corrected chi connectivity index (χ0v) is 15.2. The molecule has 6 nitrogen and oxygen atoms in total. The van der Waals surface area contributed by atoms with Crippen LogP contribution < -0.4 is 15.8 Å². The Morgan fingerprint density at radius 3 is 2.52 bits per heavy atom. The number of benzene rings is 2. The number of carbonyl (C=O) groups is 2. The predicted octanol–water partition coefficient (Wildman–Crippen LogP) is 3.06. The molecule has 2 aromatic carbocycles. The second-order valence-corrected chi connectivity index (χ2v) is 5.73. The maximum atomic E-state index is 13.6. The minimum atomic E-state index is -0.598. The second-order valence-electron chi connectivity index (χ2n) is 5.73. The van der Waals surface area contributed by atoms with Gasteiger partial charge in [-0.1, -0.05) is 12.1 Å². The van der Waals surface area contributed by atoms with E-state index in [9.17, 15) is 14.0 Å². The van der Waals surface area contributed by atoms with E-state index in [1.807, 2.05) is 0 Å². The van der Waals surface area contributed by atoms with E-state index in [0.717, 1.165) is 0 Å². The number of amides is 1. The molecule has 1 amide bonds. The van der Waals surface area contributed by atoms with Crippen LogP contribution in [0, 0.1) is 11.2 Å². The van der Waals surface area contributed by atoms with Crippen LogP contribution in [0.3, 0.4) is 0 Å². The van der Waals surface area contributed by atoms with E-state index in [4.69, 9.17) is 15.9 Å². The number of halogens is 1. The van der Waals surface area contributed by atoms with Crippen LogP contribution in [0.2, 0.25) is 0 Å². The lowest BCUT2D eigenvalue weighted by atomic mass is 10.00. The van der Waals surface area contributed by atoms with Gasteiger partial charge in [0, 0.05) is 12.7 Å². The highest BCUT2D eigenvalue weighted by Crippen LogP contribution is 2.30. The number of ketones is 1. The van der Waals surface area contributed by atoms with Gasteiger partial charge >= 0.3 is 0 Å². The Labute approximate surface area is 156 Å². The molecule has 0 saturated carbocycles. The number of allylic oxidation sites excluding steroid dienone is 1. The number of anilines is 1. The Morgan fingerprint density at radius 2 is 1.93 bits per heavy atom. The average molecular weight is 369 g/mol. The summed E-state index contributed by atoms with van der Waals surface area (Å²) in [6, 6.07) is 7.14. The molecule has 140 valence electrons. The molecule has 0 aliphatic carbocycles. The highest BCUT2D eigenvalue weighted by atomic mass is 19.1. The number of nitrogens with one attached hydrogen (secondary N) is 2. The van der Waals surface area contributed by atoms with Gasteiger partial charge < -0.3 is 21.2 Å². The minimum Gasteiger partial charge on any atom is -0.495 e. The molecule has 0 aliphatic rings. The Hall–Kier alpha value is -3.48. The molecule has 2 aromatic rings. The van der Waals surface area contributed by atoms with E-state index in [1.54, 1.807) is 6.08 Å². The number of nitrogen functional groups attached to an aromatic ring is 1. The first-order valence-corrected chi connectivity index (χ1v) is 8.06. The second kappa shape index (κ2) is 8.27. The molecule has 4 N–H and O–H groups in total. The van der Waals surface area contributed by atoms with Gasteiger partial charge in [0.2, 0.25) is 0 Å². The van der Waals surface area contributed by atoms with Crippen molar-refractivity contribution in [1.29, 1.82) is 5.41 Å². The van der Waals surface area contributed by atoms with Crippen molar-refractivity contribution < 1.29 is 18.7 Å². The maximum Gasteiger partial charge on any atom is 0.254 e. The first-order valence-electron chi connectivity index (χ1n) is 8.06. The van der Waals surface area contributed by atoms with Gasteiger partial charge in [0.05, 0.1) is 29.5 Å². The summed E-state index contributed by atoms with van der Waals surface area (Å²) in [7, 11) is 2.88. The Kier molecular flexibility index (Phi) is 6.07. The lowest BCUT2D eigenvalue weighted by Crippen LogP contribution is -2.20. The monoisotopic (exact) mass is 369 g/mol. The van der Waals surface area contributed by atoms with Crippen molar-refractivity contribution >= 4 is 29.2 Å². The van der Waals surface area contributed by atoms with Crippen molar-refractivity contribution in [2.45, 2.75) is 6.92 Å². The fourth-order valence-corrected chi connectivity index (χ4v) is 2.58. The molecule has 2 rings (SSSR count). The molecular formula is C20H20FN3O3. The first-order chi connectivity index (χ1) is 12.8. The van der Waals surface area contributed by atoms with Crippen LogP contribution in [-0.4, -0.2) is 31.6 Å². The molecule has 7 heteroatoms. The Bertz CT molecular complexity index is 952. The lowest BCUT2D eigenvalue weighted by Gasteiger charge is -2.14. The molecule has 0 aromatic heterocycles. The van der Waals surface area contributed by atoms with E-state index < -0.39 is 5.82 Å². The minimum absolute atomic E-state index is 0.00352. The normalized spacial score (nSPS) is 10.7. The third-order valence-electron chi connectivity index (χ3n) is 3.95. The summed E-state index contributed by atoms with van der Waals surface area (Å²) >= 11 is 0. The SMILES string of the molecule is CNC(=O)c1ccc(N)c(C(=N)/C=C/c2ccc(F)c(C(C)=O)c2)c1OC. The molecule has 27 heavy (non-hydrogen) atoms. The van der Waals surface area contributed by atoms with Gasteiger partial charge in [-0.05, 0) is 42.8 Å². The highest BCUT2D eigenvalue weighted by molar-refractivity contribution is 6.15. The Morgan fingerprint density at radius 1 is 1.22 bits per heavy atom. The molecule has 0 spiro atoms. The van der Waals surface area contributed by atoms with Crippen molar-refractivity contribution in [3.05, 3.63) is 64.5 Å². The van der Waals surface area contributed by atoms with Crippen LogP contribution >= 0.6 is 0 Å². The van der Waals surface area contributed by atoms with Crippen LogP contribution in [0.1, 0.15) is 38.8 Å². The van der Waals surface area contributed by atoms with Crippen molar-refractivity contribution in [2.75, 3.05) is 19.9 Å². The number of methoxy groups -OCH3 is 1. The van der Waals surface area contributed by atoms with Crippen molar-refractivity contribution in [2.24, 2.45) is 0 Å². The highest BCUT2D eigenvalue weighted by Gasteiger charge is 2.19. The fraction of sp³-hybridized carbons (Fsp3) is 0.150. The standard InChI is InChI=1S/C20H20FN3O3/c1-11(25)14-10-12(4-7-15(14)21)5-8-16(22)18-17(23)9-6-13(19(18)27-3)20(26)24-2/h4-10,22H,23H2,1-3H3,(H,24,26)/b8-5+,22-16?. The molecular weight excluding hydrogens is 349 g/mol. The predicted molar refractivity (Wildman–Crippen MR) is 103 cm³/mol. The number of hydrogen-bond donors (Lipinski definition) is 3. The third kappa shape index (κ3) is 4.20. The summed E-state index contributed by atoms with van der Waals surface area (Å²) in [5.74, 6) is -1.16. The van der Waals surface area contributed by atoms with E-state index in [0.29, 0.717) is 5.56 Å². The fourth-order valence-electron chi connectivity index (χ4n) is 2.58. The van der Waals surface area contributed by atoms with Gasteiger partial charge in [-0.25, -0.2) is 4.39 Å². The van der Waals surface area contributed by atoms with Gasteiger partial charge in [-0.15, -0.1) is 0 Å². The number of rotatable bonds is 6. The zero-order valence-electron chi connectivity index (χ0n) is 15.2. The molecule has 0 fully saturated rings.